The Kier molecular flexibility index (Phi) is 6.77. The maximum atomic E-state index is 12.2. The molecule has 3 aromatic rings. The predicted octanol–water partition coefficient (Wildman–Crippen LogP) is 6.19. The smallest absolute Gasteiger partial charge is 0.317 e. The molecule has 0 saturated heterocycles. The first-order valence-electron chi connectivity index (χ1n) is 9.95. The Morgan fingerprint density at radius 3 is 2.57 bits per heavy atom. The number of carbonyl (C=O) groups excluding carboxylic acids is 1. The molecule has 156 valence electrons. The van der Waals surface area contributed by atoms with Crippen molar-refractivity contribution >= 4 is 33.9 Å². The van der Waals surface area contributed by atoms with Crippen LogP contribution in [-0.4, -0.2) is 16.8 Å². The lowest BCUT2D eigenvalue weighted by molar-refractivity contribution is 0.252. The molecular formula is C24H27BrN4O. The second-order valence-electron chi connectivity index (χ2n) is 7.39. The summed E-state index contributed by atoms with van der Waals surface area (Å²) < 4.78 is 3.27. The molecule has 2 N–H and O–H groups in total. The lowest BCUT2D eigenvalue weighted by atomic mass is 10.1. The zero-order chi connectivity index (χ0) is 21.8. The van der Waals surface area contributed by atoms with Gasteiger partial charge in [0, 0.05) is 27.1 Å². The second kappa shape index (κ2) is 9.30. The Hall–Kier alpha value is -2.86. The van der Waals surface area contributed by atoms with Crippen LogP contribution in [0.3, 0.4) is 0 Å². The predicted molar refractivity (Wildman–Crippen MR) is 128 cm³/mol. The number of urea groups is 1. The summed E-state index contributed by atoms with van der Waals surface area (Å²) in [5.41, 5.74) is 11.3. The van der Waals surface area contributed by atoms with Crippen molar-refractivity contribution in [1.29, 1.82) is 0 Å². The first-order chi connectivity index (χ1) is 14.3. The number of benzene rings is 2. The largest absolute Gasteiger partial charge is 0.339 e. The molecule has 30 heavy (non-hydrogen) atoms. The van der Waals surface area contributed by atoms with Crippen molar-refractivity contribution in [2.45, 2.75) is 41.0 Å². The van der Waals surface area contributed by atoms with Crippen LogP contribution >= 0.6 is 15.9 Å². The molecular weight excluding hydrogens is 440 g/mol. The number of nitrogens with one attached hydrogen (secondary N) is 2. The minimum absolute atomic E-state index is 0.381. The quantitative estimate of drug-likeness (QED) is 0.341. The van der Waals surface area contributed by atoms with Crippen LogP contribution in [0.5, 0.6) is 0 Å². The van der Waals surface area contributed by atoms with Gasteiger partial charge in [0.25, 0.3) is 0 Å². The third kappa shape index (κ3) is 4.65. The normalized spacial score (nSPS) is 11.1. The molecule has 0 atom stereocenters. The van der Waals surface area contributed by atoms with Crippen molar-refractivity contribution in [2.24, 2.45) is 5.10 Å². The van der Waals surface area contributed by atoms with Crippen molar-refractivity contribution in [3.8, 4) is 5.69 Å². The molecule has 0 saturated carbocycles. The molecule has 5 nitrogen and oxygen atoms in total. The van der Waals surface area contributed by atoms with E-state index >= 15 is 0 Å². The van der Waals surface area contributed by atoms with Gasteiger partial charge in [-0.25, -0.2) is 10.2 Å². The summed E-state index contributed by atoms with van der Waals surface area (Å²) in [5, 5.41) is 6.93. The molecule has 1 aromatic heterocycles. The number of para-hydroxylation sites is 1. The fourth-order valence-corrected chi connectivity index (χ4v) is 3.88. The van der Waals surface area contributed by atoms with Gasteiger partial charge in [-0.15, -0.1) is 0 Å². The van der Waals surface area contributed by atoms with Crippen LogP contribution in [-0.2, 0) is 6.42 Å². The minimum Gasteiger partial charge on any atom is -0.317 e. The van der Waals surface area contributed by atoms with Gasteiger partial charge < -0.3 is 9.88 Å². The molecule has 3 rings (SSSR count). The lowest BCUT2D eigenvalue weighted by Gasteiger charge is -2.17. The summed E-state index contributed by atoms with van der Waals surface area (Å²) in [6.07, 6.45) is 2.66. The zero-order valence-electron chi connectivity index (χ0n) is 18.0. The highest BCUT2D eigenvalue weighted by molar-refractivity contribution is 9.10. The van der Waals surface area contributed by atoms with Gasteiger partial charge in [-0.1, -0.05) is 41.1 Å². The Labute approximate surface area is 186 Å². The maximum Gasteiger partial charge on any atom is 0.339 e. The van der Waals surface area contributed by atoms with E-state index in [1.807, 2.05) is 25.1 Å². The summed E-state index contributed by atoms with van der Waals surface area (Å²) in [6, 6.07) is 13.7. The number of rotatable bonds is 5. The number of hydrogen-bond acceptors (Lipinski definition) is 2. The van der Waals surface area contributed by atoms with E-state index in [9.17, 15) is 4.79 Å². The van der Waals surface area contributed by atoms with Crippen LogP contribution in [0, 0.1) is 27.7 Å². The molecule has 2 aromatic carbocycles. The van der Waals surface area contributed by atoms with E-state index in [1.165, 1.54) is 16.8 Å². The van der Waals surface area contributed by atoms with Crippen molar-refractivity contribution in [3.63, 3.8) is 0 Å². The molecule has 0 fully saturated rings. The van der Waals surface area contributed by atoms with E-state index in [0.717, 1.165) is 33.4 Å². The van der Waals surface area contributed by atoms with Crippen LogP contribution in [0.25, 0.3) is 5.69 Å². The van der Waals surface area contributed by atoms with Crippen LogP contribution < -0.4 is 10.7 Å². The third-order valence-corrected chi connectivity index (χ3v) is 6.07. The lowest BCUT2D eigenvalue weighted by Crippen LogP contribution is -2.24. The number of aryl methyl sites for hydroxylation is 4. The van der Waals surface area contributed by atoms with Crippen molar-refractivity contribution < 1.29 is 4.79 Å². The summed E-state index contributed by atoms with van der Waals surface area (Å²) in [5.74, 6) is 0. The number of carbonyl (C=O) groups is 1. The monoisotopic (exact) mass is 466 g/mol. The van der Waals surface area contributed by atoms with E-state index in [4.69, 9.17) is 0 Å². The zero-order valence-corrected chi connectivity index (χ0v) is 19.6. The van der Waals surface area contributed by atoms with Gasteiger partial charge in [0.1, 0.15) is 0 Å². The number of aromatic nitrogens is 1. The molecule has 0 aliphatic carbocycles. The highest BCUT2D eigenvalue weighted by Crippen LogP contribution is 2.26. The summed E-state index contributed by atoms with van der Waals surface area (Å²) in [7, 11) is 0. The molecule has 0 bridgehead atoms. The number of anilines is 1. The van der Waals surface area contributed by atoms with Crippen LogP contribution in [0.4, 0.5) is 10.5 Å². The van der Waals surface area contributed by atoms with Gasteiger partial charge in [0.2, 0.25) is 0 Å². The molecule has 0 spiro atoms. The fourth-order valence-electron chi connectivity index (χ4n) is 3.63. The number of amides is 2. The highest BCUT2D eigenvalue weighted by Gasteiger charge is 2.14. The van der Waals surface area contributed by atoms with E-state index in [-0.39, 0.29) is 6.03 Å². The Bertz CT molecular complexity index is 1110. The number of nitrogens with zero attached hydrogens (tertiary/aromatic N) is 2. The molecule has 0 radical (unpaired) electrons. The average Bonchev–Trinajstić information content (AvgIpc) is 2.98. The Balaban J connectivity index is 1.77. The maximum absolute atomic E-state index is 12.2. The molecule has 0 aliphatic rings. The first-order valence-corrected chi connectivity index (χ1v) is 10.7. The first kappa shape index (κ1) is 21.8. The molecule has 6 heteroatoms. The van der Waals surface area contributed by atoms with Gasteiger partial charge in [0.05, 0.1) is 11.9 Å². The van der Waals surface area contributed by atoms with Crippen molar-refractivity contribution in [1.82, 2.24) is 9.99 Å². The molecule has 0 unspecified atom stereocenters. The molecule has 1 heterocycles. The number of halogens is 1. The topological polar surface area (TPSA) is 58.4 Å². The second-order valence-corrected chi connectivity index (χ2v) is 8.24. The Morgan fingerprint density at radius 1 is 1.10 bits per heavy atom. The standard InChI is InChI=1S/C24H27BrN4O/c1-6-19-9-7-8-15(2)23(19)29-17(4)13-20(18(29)5)14-26-28-24(30)27-21-10-11-22(25)16(3)12-21/h7-14H,6H2,1-5H3,(H2,27,28,30)/b26-14+. The molecule has 0 aliphatic heterocycles. The van der Waals surface area contributed by atoms with Crippen LogP contribution in [0.15, 0.2) is 52.0 Å². The van der Waals surface area contributed by atoms with Gasteiger partial charge in [-0.3, -0.25) is 0 Å². The van der Waals surface area contributed by atoms with Crippen molar-refractivity contribution in [3.05, 3.63) is 80.6 Å². The number of hydrogen-bond donors (Lipinski definition) is 2. The van der Waals surface area contributed by atoms with Gasteiger partial charge in [-0.2, -0.15) is 5.10 Å². The summed E-state index contributed by atoms with van der Waals surface area (Å²) in [4.78, 5) is 12.2. The summed E-state index contributed by atoms with van der Waals surface area (Å²) >= 11 is 3.45. The fraction of sp³-hybridized carbons (Fsp3) is 0.250. The van der Waals surface area contributed by atoms with E-state index in [2.05, 4.69) is 88.3 Å². The van der Waals surface area contributed by atoms with Crippen LogP contribution in [0.2, 0.25) is 0 Å². The number of hydrazone groups is 1. The Morgan fingerprint density at radius 2 is 1.87 bits per heavy atom. The van der Waals surface area contributed by atoms with Gasteiger partial charge >= 0.3 is 6.03 Å². The minimum atomic E-state index is -0.381. The highest BCUT2D eigenvalue weighted by atomic mass is 79.9. The van der Waals surface area contributed by atoms with E-state index < -0.39 is 0 Å². The van der Waals surface area contributed by atoms with E-state index in [0.29, 0.717) is 5.69 Å². The molecule has 2 amide bonds. The average molecular weight is 467 g/mol. The van der Waals surface area contributed by atoms with Gasteiger partial charge in [0.15, 0.2) is 0 Å². The SMILES string of the molecule is CCc1cccc(C)c1-n1c(C)cc(/C=N/NC(=O)Nc2ccc(Br)c(C)c2)c1C. The summed E-state index contributed by atoms with van der Waals surface area (Å²) in [6.45, 7) is 10.4. The van der Waals surface area contributed by atoms with Crippen molar-refractivity contribution in [2.75, 3.05) is 5.32 Å². The van der Waals surface area contributed by atoms with Gasteiger partial charge in [-0.05, 0) is 75.1 Å². The van der Waals surface area contributed by atoms with E-state index in [1.54, 1.807) is 6.21 Å². The van der Waals surface area contributed by atoms with Crippen LogP contribution in [0.1, 0.15) is 40.6 Å². The third-order valence-electron chi connectivity index (χ3n) is 5.18.